The van der Waals surface area contributed by atoms with Crippen LogP contribution in [0.3, 0.4) is 0 Å². The molecule has 0 spiro atoms. The molecule has 188 valence electrons. The van der Waals surface area contributed by atoms with Gasteiger partial charge in [0.15, 0.2) is 5.60 Å². The van der Waals surface area contributed by atoms with E-state index in [0.717, 1.165) is 65.1 Å². The molecule has 0 radical (unpaired) electrons. The molecule has 1 saturated heterocycles. The van der Waals surface area contributed by atoms with E-state index >= 15 is 0 Å². The molecule has 3 atom stereocenters. The van der Waals surface area contributed by atoms with Crippen molar-refractivity contribution in [3.8, 4) is 23.0 Å². The molecule has 5 nitrogen and oxygen atoms in total. The van der Waals surface area contributed by atoms with Crippen LogP contribution in [0.4, 0.5) is 0 Å². The van der Waals surface area contributed by atoms with Crippen molar-refractivity contribution >= 4 is 11.1 Å². The highest BCUT2D eigenvalue weighted by atomic mass is 16.5. The quantitative estimate of drug-likeness (QED) is 0.429. The van der Waals surface area contributed by atoms with E-state index in [0.29, 0.717) is 12.4 Å². The van der Waals surface area contributed by atoms with E-state index in [4.69, 9.17) is 9.47 Å². The van der Waals surface area contributed by atoms with Gasteiger partial charge in [-0.05, 0) is 78.8 Å². The normalized spacial score (nSPS) is 23.9. The first kappa shape index (κ1) is 24.3. The summed E-state index contributed by atoms with van der Waals surface area (Å²) < 4.78 is 12.7. The number of hydrogen-bond donors (Lipinski definition) is 2. The smallest absolute Gasteiger partial charge is 0.157 e. The van der Waals surface area contributed by atoms with Gasteiger partial charge in [-0.2, -0.15) is 0 Å². The first-order chi connectivity index (χ1) is 17.2. The monoisotopic (exact) mass is 485 g/mol. The number of likely N-dealkylation sites (tertiary alicyclic amines) is 1. The lowest BCUT2D eigenvalue weighted by Gasteiger charge is -2.40. The van der Waals surface area contributed by atoms with Crippen LogP contribution in [0, 0.1) is 11.8 Å². The van der Waals surface area contributed by atoms with Gasteiger partial charge >= 0.3 is 0 Å². The zero-order valence-corrected chi connectivity index (χ0v) is 21.5. The number of phenolic OH excluding ortho intramolecular Hbond substituents is 2. The molecule has 5 heteroatoms. The Labute approximate surface area is 213 Å². The fraction of sp³-hybridized carbons (Fsp3) is 0.355. The first-order valence-corrected chi connectivity index (χ1v) is 12.7. The molecule has 3 aromatic rings. The van der Waals surface area contributed by atoms with E-state index in [1.165, 1.54) is 0 Å². The highest BCUT2D eigenvalue weighted by Crippen LogP contribution is 2.51. The predicted molar refractivity (Wildman–Crippen MR) is 143 cm³/mol. The summed E-state index contributed by atoms with van der Waals surface area (Å²) in [4.78, 5) is 2.48. The summed E-state index contributed by atoms with van der Waals surface area (Å²) in [7, 11) is 0. The largest absolute Gasteiger partial charge is 0.508 e. The van der Waals surface area contributed by atoms with E-state index in [1.54, 1.807) is 24.3 Å². The average Bonchev–Trinajstić information content (AvgIpc) is 3.17. The summed E-state index contributed by atoms with van der Waals surface area (Å²) in [6.07, 6.45) is 0. The van der Waals surface area contributed by atoms with Crippen LogP contribution in [-0.2, 0) is 5.60 Å². The molecule has 0 saturated carbocycles. The second-order valence-corrected chi connectivity index (χ2v) is 10.4. The predicted octanol–water partition coefficient (Wildman–Crippen LogP) is 6.30. The summed E-state index contributed by atoms with van der Waals surface area (Å²) in [5.41, 5.74) is 4.18. The van der Waals surface area contributed by atoms with Gasteiger partial charge in [-0.1, -0.05) is 38.1 Å². The van der Waals surface area contributed by atoms with Gasteiger partial charge in [-0.25, -0.2) is 0 Å². The number of benzene rings is 3. The van der Waals surface area contributed by atoms with E-state index in [1.807, 2.05) is 30.3 Å². The van der Waals surface area contributed by atoms with Crippen LogP contribution in [0.2, 0.25) is 0 Å². The van der Waals surface area contributed by atoms with Gasteiger partial charge in [0.1, 0.15) is 29.6 Å². The molecule has 1 fully saturated rings. The number of aromatic hydroxyl groups is 2. The van der Waals surface area contributed by atoms with Crippen LogP contribution >= 0.6 is 0 Å². The summed E-state index contributed by atoms with van der Waals surface area (Å²) in [5, 5.41) is 20.0. The molecule has 2 N–H and O–H groups in total. The number of fused-ring (bicyclic) bond motifs is 1. The van der Waals surface area contributed by atoms with Crippen molar-refractivity contribution < 1.29 is 19.7 Å². The van der Waals surface area contributed by atoms with Crippen molar-refractivity contribution in [2.24, 2.45) is 11.8 Å². The van der Waals surface area contributed by atoms with Crippen molar-refractivity contribution in [1.29, 1.82) is 0 Å². The Kier molecular flexibility index (Phi) is 6.44. The lowest BCUT2D eigenvalue weighted by atomic mass is 9.77. The minimum atomic E-state index is -0.803. The summed E-state index contributed by atoms with van der Waals surface area (Å²) in [6, 6.07) is 20.6. The Hall–Kier alpha value is -3.44. The van der Waals surface area contributed by atoms with E-state index in [-0.39, 0.29) is 11.5 Å². The third kappa shape index (κ3) is 4.56. The van der Waals surface area contributed by atoms with Crippen LogP contribution in [-0.4, -0.2) is 41.4 Å². The van der Waals surface area contributed by atoms with E-state index in [2.05, 4.69) is 44.7 Å². The zero-order valence-electron chi connectivity index (χ0n) is 21.5. The molecule has 5 rings (SSSR count). The van der Waals surface area contributed by atoms with Gasteiger partial charge in [0.05, 0.1) is 0 Å². The number of phenols is 2. The second-order valence-electron chi connectivity index (χ2n) is 10.4. The lowest BCUT2D eigenvalue weighted by molar-refractivity contribution is 0.148. The summed E-state index contributed by atoms with van der Waals surface area (Å²) >= 11 is 0. The number of nitrogens with zero attached hydrogens (tertiary/aromatic N) is 1. The molecule has 0 amide bonds. The molecule has 3 aromatic carbocycles. The van der Waals surface area contributed by atoms with Crippen molar-refractivity contribution in [2.75, 3.05) is 26.2 Å². The van der Waals surface area contributed by atoms with Crippen LogP contribution in [0.1, 0.15) is 44.4 Å². The van der Waals surface area contributed by atoms with Crippen molar-refractivity contribution in [2.45, 2.75) is 33.3 Å². The van der Waals surface area contributed by atoms with Crippen LogP contribution < -0.4 is 9.47 Å². The third-order valence-corrected chi connectivity index (χ3v) is 7.84. The van der Waals surface area contributed by atoms with Crippen molar-refractivity contribution in [3.05, 3.63) is 83.4 Å². The second kappa shape index (κ2) is 9.55. The minimum Gasteiger partial charge on any atom is -0.508 e. The fourth-order valence-corrected chi connectivity index (χ4v) is 5.59. The van der Waals surface area contributed by atoms with Gasteiger partial charge in [-0.15, -0.1) is 0 Å². The van der Waals surface area contributed by atoms with Crippen molar-refractivity contribution in [1.82, 2.24) is 4.90 Å². The summed E-state index contributed by atoms with van der Waals surface area (Å²) in [5.74, 6) is 3.36. The molecule has 2 aliphatic heterocycles. The van der Waals surface area contributed by atoms with Gasteiger partial charge in [0.2, 0.25) is 0 Å². The van der Waals surface area contributed by atoms with E-state index in [9.17, 15) is 10.2 Å². The molecule has 3 unspecified atom stereocenters. The standard InChI is InChI=1S/C31H35NO4/c1-20-18-32(19-21(20)2)15-16-35-27-12-7-24(8-13-27)31(4)30(23-5-9-25(33)10-6-23)22(3)28-14-11-26(34)17-29(28)36-31/h5-14,17,20-21,33-34H,15-16,18-19H2,1-4H3. The SMILES string of the molecule is CC1=C(c2ccc(O)cc2)C(C)(c2ccc(OCCN3CC(C)C(C)C3)cc2)Oc2cc(O)ccc21. The molecular formula is C31H35NO4. The molecule has 0 aliphatic carbocycles. The van der Waals surface area contributed by atoms with Gasteiger partial charge in [0, 0.05) is 36.8 Å². The molecule has 36 heavy (non-hydrogen) atoms. The maximum Gasteiger partial charge on any atom is 0.157 e. The maximum atomic E-state index is 10.1. The highest BCUT2D eigenvalue weighted by Gasteiger charge is 2.40. The third-order valence-electron chi connectivity index (χ3n) is 7.84. The number of hydrogen-bond acceptors (Lipinski definition) is 5. The van der Waals surface area contributed by atoms with Crippen LogP contribution in [0.5, 0.6) is 23.0 Å². The average molecular weight is 486 g/mol. The first-order valence-electron chi connectivity index (χ1n) is 12.7. The van der Waals surface area contributed by atoms with Crippen LogP contribution in [0.15, 0.2) is 66.7 Å². The Bertz CT molecular complexity index is 1250. The Morgan fingerprint density at radius 1 is 0.917 bits per heavy atom. The Morgan fingerprint density at radius 3 is 2.22 bits per heavy atom. The Balaban J connectivity index is 1.42. The van der Waals surface area contributed by atoms with Gasteiger partial charge in [-0.3, -0.25) is 4.90 Å². The van der Waals surface area contributed by atoms with E-state index < -0.39 is 5.60 Å². The number of rotatable bonds is 6. The highest BCUT2D eigenvalue weighted by molar-refractivity contribution is 5.97. The fourth-order valence-electron chi connectivity index (χ4n) is 5.59. The van der Waals surface area contributed by atoms with Crippen molar-refractivity contribution in [3.63, 3.8) is 0 Å². The van der Waals surface area contributed by atoms with Crippen LogP contribution in [0.25, 0.3) is 11.1 Å². The number of allylic oxidation sites excluding steroid dienone is 1. The zero-order chi connectivity index (χ0) is 25.4. The maximum absolute atomic E-state index is 10.1. The topological polar surface area (TPSA) is 62.2 Å². The molecule has 2 heterocycles. The summed E-state index contributed by atoms with van der Waals surface area (Å²) in [6.45, 7) is 12.7. The molecule has 0 aromatic heterocycles. The molecule has 0 bridgehead atoms. The minimum absolute atomic E-state index is 0.169. The lowest BCUT2D eigenvalue weighted by Crippen LogP contribution is -2.34. The molecule has 2 aliphatic rings. The molecular weight excluding hydrogens is 450 g/mol. The van der Waals surface area contributed by atoms with Gasteiger partial charge in [0.25, 0.3) is 0 Å². The number of ether oxygens (including phenoxy) is 2. The van der Waals surface area contributed by atoms with Gasteiger partial charge < -0.3 is 19.7 Å². The Morgan fingerprint density at radius 2 is 1.56 bits per heavy atom.